The number of nitrogens with one attached hydrogen (secondary N) is 1. The molecule has 0 aliphatic rings. The number of hydrogen-bond acceptors (Lipinski definition) is 3. The zero-order valence-corrected chi connectivity index (χ0v) is 11.9. The SMILES string of the molecule is CCNC(=NCc1ccon1)N(C)Cc1ccccc1. The Labute approximate surface area is 119 Å². The maximum atomic E-state index is 4.81. The molecular formula is C15H20N4O. The molecule has 0 amide bonds. The summed E-state index contributed by atoms with van der Waals surface area (Å²) in [6.07, 6.45) is 1.56. The van der Waals surface area contributed by atoms with Crippen molar-refractivity contribution in [3.8, 4) is 0 Å². The van der Waals surface area contributed by atoms with Crippen molar-refractivity contribution < 1.29 is 4.52 Å². The first kappa shape index (κ1) is 14.1. The van der Waals surface area contributed by atoms with E-state index in [9.17, 15) is 0 Å². The van der Waals surface area contributed by atoms with Crippen LogP contribution in [0.4, 0.5) is 0 Å². The van der Waals surface area contributed by atoms with Crippen LogP contribution in [0.2, 0.25) is 0 Å². The van der Waals surface area contributed by atoms with Crippen molar-refractivity contribution in [2.24, 2.45) is 4.99 Å². The van der Waals surface area contributed by atoms with E-state index in [1.54, 1.807) is 6.26 Å². The van der Waals surface area contributed by atoms with Gasteiger partial charge >= 0.3 is 0 Å². The van der Waals surface area contributed by atoms with Crippen molar-refractivity contribution in [2.45, 2.75) is 20.0 Å². The molecule has 2 aromatic rings. The molecule has 2 rings (SSSR count). The summed E-state index contributed by atoms with van der Waals surface area (Å²) < 4.78 is 4.81. The molecule has 0 fully saturated rings. The van der Waals surface area contributed by atoms with Crippen molar-refractivity contribution in [3.63, 3.8) is 0 Å². The van der Waals surface area contributed by atoms with Gasteiger partial charge in [0.2, 0.25) is 0 Å². The highest BCUT2D eigenvalue weighted by molar-refractivity contribution is 5.79. The van der Waals surface area contributed by atoms with Crippen molar-refractivity contribution in [3.05, 3.63) is 53.9 Å². The minimum Gasteiger partial charge on any atom is -0.364 e. The van der Waals surface area contributed by atoms with E-state index >= 15 is 0 Å². The van der Waals surface area contributed by atoms with Gasteiger partial charge in [0.25, 0.3) is 0 Å². The highest BCUT2D eigenvalue weighted by atomic mass is 16.5. The fraction of sp³-hybridized carbons (Fsp3) is 0.333. The van der Waals surface area contributed by atoms with Crippen LogP contribution in [-0.2, 0) is 13.1 Å². The van der Waals surface area contributed by atoms with Gasteiger partial charge < -0.3 is 14.7 Å². The van der Waals surface area contributed by atoms with Gasteiger partial charge in [0.15, 0.2) is 5.96 Å². The molecule has 0 atom stereocenters. The van der Waals surface area contributed by atoms with Crippen molar-refractivity contribution in [1.29, 1.82) is 0 Å². The molecule has 0 saturated heterocycles. The molecule has 106 valence electrons. The summed E-state index contributed by atoms with van der Waals surface area (Å²) in [5.74, 6) is 0.861. The molecule has 5 heteroatoms. The molecule has 0 aliphatic carbocycles. The van der Waals surface area contributed by atoms with Crippen molar-refractivity contribution in [2.75, 3.05) is 13.6 Å². The maximum absolute atomic E-state index is 4.81. The first-order chi connectivity index (χ1) is 9.79. The van der Waals surface area contributed by atoms with E-state index in [2.05, 4.69) is 39.4 Å². The molecular weight excluding hydrogens is 252 g/mol. The molecule has 1 aromatic heterocycles. The molecule has 1 N–H and O–H groups in total. The molecule has 1 aromatic carbocycles. The third-order valence-electron chi connectivity index (χ3n) is 2.84. The second-order valence-electron chi connectivity index (χ2n) is 4.50. The Kier molecular flexibility index (Phi) is 5.17. The summed E-state index contributed by atoms with van der Waals surface area (Å²) in [6, 6.07) is 12.2. The molecule has 5 nitrogen and oxygen atoms in total. The minimum absolute atomic E-state index is 0.512. The first-order valence-electron chi connectivity index (χ1n) is 6.72. The lowest BCUT2D eigenvalue weighted by molar-refractivity contribution is 0.411. The van der Waals surface area contributed by atoms with Crippen LogP contribution in [0.15, 0.2) is 52.2 Å². The van der Waals surface area contributed by atoms with Crippen LogP contribution in [0.3, 0.4) is 0 Å². The van der Waals surface area contributed by atoms with Gasteiger partial charge in [0, 0.05) is 26.2 Å². The van der Waals surface area contributed by atoms with Crippen molar-refractivity contribution >= 4 is 5.96 Å². The summed E-state index contributed by atoms with van der Waals surface area (Å²) >= 11 is 0. The molecule has 0 aliphatic heterocycles. The van der Waals surface area contributed by atoms with Gasteiger partial charge in [-0.25, -0.2) is 4.99 Å². The second kappa shape index (κ2) is 7.33. The summed E-state index contributed by atoms with van der Waals surface area (Å²) in [5, 5.41) is 7.15. The van der Waals surface area contributed by atoms with Gasteiger partial charge in [-0.2, -0.15) is 0 Å². The fourth-order valence-corrected chi connectivity index (χ4v) is 1.88. The normalized spacial score (nSPS) is 11.4. The number of hydrogen-bond donors (Lipinski definition) is 1. The lowest BCUT2D eigenvalue weighted by atomic mass is 10.2. The van der Waals surface area contributed by atoms with Crippen molar-refractivity contribution in [1.82, 2.24) is 15.4 Å². The highest BCUT2D eigenvalue weighted by Gasteiger charge is 2.06. The third-order valence-corrected chi connectivity index (χ3v) is 2.84. The van der Waals surface area contributed by atoms with Crippen LogP contribution in [-0.4, -0.2) is 29.6 Å². The molecule has 0 bridgehead atoms. The predicted molar refractivity (Wildman–Crippen MR) is 79.2 cm³/mol. The largest absolute Gasteiger partial charge is 0.364 e. The van der Waals surface area contributed by atoms with Gasteiger partial charge in [-0.05, 0) is 12.5 Å². The quantitative estimate of drug-likeness (QED) is 0.670. The van der Waals surface area contributed by atoms with Gasteiger partial charge in [-0.3, -0.25) is 0 Å². The molecule has 0 radical (unpaired) electrons. The molecule has 1 heterocycles. The lowest BCUT2D eigenvalue weighted by Crippen LogP contribution is -2.38. The zero-order chi connectivity index (χ0) is 14.2. The zero-order valence-electron chi connectivity index (χ0n) is 11.9. The molecule has 0 unspecified atom stereocenters. The van der Waals surface area contributed by atoms with Gasteiger partial charge in [-0.15, -0.1) is 0 Å². The van der Waals surface area contributed by atoms with E-state index < -0.39 is 0 Å². The number of aromatic nitrogens is 1. The Morgan fingerprint density at radius 2 is 2.10 bits per heavy atom. The Morgan fingerprint density at radius 1 is 1.30 bits per heavy atom. The Hall–Kier alpha value is -2.30. The Balaban J connectivity index is 2.01. The fourth-order valence-electron chi connectivity index (χ4n) is 1.88. The minimum atomic E-state index is 0.512. The molecule has 0 spiro atoms. The maximum Gasteiger partial charge on any atom is 0.194 e. The summed E-state index contributed by atoms with van der Waals surface area (Å²) in [4.78, 5) is 6.66. The van der Waals surface area contributed by atoms with E-state index in [4.69, 9.17) is 4.52 Å². The second-order valence-corrected chi connectivity index (χ2v) is 4.50. The van der Waals surface area contributed by atoms with Crippen LogP contribution in [0.1, 0.15) is 18.2 Å². The van der Waals surface area contributed by atoms with Crippen LogP contribution in [0, 0.1) is 0 Å². The Bertz CT molecular complexity index is 522. The van der Waals surface area contributed by atoms with Crippen LogP contribution in [0.5, 0.6) is 0 Å². The van der Waals surface area contributed by atoms with Gasteiger partial charge in [0.1, 0.15) is 12.0 Å². The standard InChI is InChI=1S/C15H20N4O/c1-3-16-15(17-11-14-9-10-20-18-14)19(2)12-13-7-5-4-6-8-13/h4-10H,3,11-12H2,1-2H3,(H,16,17). The number of rotatable bonds is 5. The average Bonchev–Trinajstić information content (AvgIpc) is 2.97. The number of guanidine groups is 1. The molecule has 0 saturated carbocycles. The number of nitrogens with zero attached hydrogens (tertiary/aromatic N) is 3. The van der Waals surface area contributed by atoms with E-state index in [0.29, 0.717) is 6.54 Å². The first-order valence-corrected chi connectivity index (χ1v) is 6.72. The lowest BCUT2D eigenvalue weighted by Gasteiger charge is -2.22. The third kappa shape index (κ3) is 4.12. The number of aliphatic imine (C=N–C) groups is 1. The smallest absolute Gasteiger partial charge is 0.194 e. The van der Waals surface area contributed by atoms with Crippen LogP contribution < -0.4 is 5.32 Å². The van der Waals surface area contributed by atoms with E-state index in [0.717, 1.165) is 24.7 Å². The predicted octanol–water partition coefficient (Wildman–Crippen LogP) is 2.27. The highest BCUT2D eigenvalue weighted by Crippen LogP contribution is 2.04. The van der Waals surface area contributed by atoms with Gasteiger partial charge in [0.05, 0.1) is 6.54 Å². The summed E-state index contributed by atoms with van der Waals surface area (Å²) in [7, 11) is 2.03. The average molecular weight is 272 g/mol. The number of benzene rings is 1. The van der Waals surface area contributed by atoms with Crippen LogP contribution in [0.25, 0.3) is 0 Å². The molecule has 20 heavy (non-hydrogen) atoms. The topological polar surface area (TPSA) is 53.7 Å². The van der Waals surface area contributed by atoms with E-state index in [1.807, 2.05) is 31.3 Å². The summed E-state index contributed by atoms with van der Waals surface area (Å²) in [6.45, 7) is 4.21. The Morgan fingerprint density at radius 3 is 2.75 bits per heavy atom. The van der Waals surface area contributed by atoms with E-state index in [1.165, 1.54) is 5.56 Å². The van der Waals surface area contributed by atoms with Gasteiger partial charge in [-0.1, -0.05) is 35.5 Å². The monoisotopic (exact) mass is 272 g/mol. The van der Waals surface area contributed by atoms with Crippen LogP contribution >= 0.6 is 0 Å². The van der Waals surface area contributed by atoms with E-state index in [-0.39, 0.29) is 0 Å². The summed E-state index contributed by atoms with van der Waals surface area (Å²) in [5.41, 5.74) is 2.08.